The van der Waals surface area contributed by atoms with Gasteiger partial charge in [-0.3, -0.25) is 0 Å². The molecule has 0 aliphatic rings. The standard InChI is InChI=1S/C20H26O2/c1-3-4-5-14-22-20-12-8-18(9-13-20)16(2)15-17-6-10-19(21)11-7-17/h6-13,16,21H,3-5,14-15H2,1-2H3. The van der Waals surface area contributed by atoms with E-state index in [1.165, 1.54) is 24.0 Å². The van der Waals surface area contributed by atoms with Crippen LogP contribution in [0.1, 0.15) is 50.2 Å². The second-order valence-electron chi connectivity index (χ2n) is 5.90. The topological polar surface area (TPSA) is 29.5 Å². The summed E-state index contributed by atoms with van der Waals surface area (Å²) in [5.74, 6) is 1.72. The summed E-state index contributed by atoms with van der Waals surface area (Å²) in [5, 5.41) is 9.33. The van der Waals surface area contributed by atoms with Crippen molar-refractivity contribution in [2.24, 2.45) is 0 Å². The maximum absolute atomic E-state index is 9.33. The van der Waals surface area contributed by atoms with Crippen LogP contribution in [0.2, 0.25) is 0 Å². The van der Waals surface area contributed by atoms with Gasteiger partial charge in [0.2, 0.25) is 0 Å². The molecule has 1 N–H and O–H groups in total. The quantitative estimate of drug-likeness (QED) is 0.669. The van der Waals surface area contributed by atoms with E-state index in [2.05, 4.69) is 38.1 Å². The molecule has 0 radical (unpaired) electrons. The molecule has 0 fully saturated rings. The Kier molecular flexibility index (Phi) is 6.32. The van der Waals surface area contributed by atoms with E-state index in [0.29, 0.717) is 11.7 Å². The summed E-state index contributed by atoms with van der Waals surface area (Å²) < 4.78 is 5.75. The van der Waals surface area contributed by atoms with Crippen molar-refractivity contribution in [2.75, 3.05) is 6.61 Å². The Labute approximate surface area is 133 Å². The first-order valence-corrected chi connectivity index (χ1v) is 8.19. The summed E-state index contributed by atoms with van der Waals surface area (Å²) in [6, 6.07) is 15.9. The molecule has 22 heavy (non-hydrogen) atoms. The first-order valence-electron chi connectivity index (χ1n) is 8.19. The predicted octanol–water partition coefficient (Wildman–Crippen LogP) is 5.31. The lowest BCUT2D eigenvalue weighted by Gasteiger charge is -2.13. The Morgan fingerprint density at radius 1 is 0.955 bits per heavy atom. The average Bonchev–Trinajstić information content (AvgIpc) is 2.54. The molecule has 0 aliphatic heterocycles. The van der Waals surface area contributed by atoms with E-state index in [1.54, 1.807) is 12.1 Å². The fourth-order valence-electron chi connectivity index (χ4n) is 2.54. The Morgan fingerprint density at radius 3 is 2.27 bits per heavy atom. The van der Waals surface area contributed by atoms with E-state index in [4.69, 9.17) is 4.74 Å². The van der Waals surface area contributed by atoms with Gasteiger partial charge >= 0.3 is 0 Å². The highest BCUT2D eigenvalue weighted by molar-refractivity contribution is 5.32. The lowest BCUT2D eigenvalue weighted by atomic mass is 9.94. The third-order valence-electron chi connectivity index (χ3n) is 3.94. The zero-order valence-electron chi connectivity index (χ0n) is 13.6. The van der Waals surface area contributed by atoms with E-state index in [-0.39, 0.29) is 0 Å². The molecule has 0 saturated carbocycles. The van der Waals surface area contributed by atoms with Gasteiger partial charge in [0.25, 0.3) is 0 Å². The number of unbranched alkanes of at least 4 members (excludes halogenated alkanes) is 2. The van der Waals surface area contributed by atoms with Crippen LogP contribution >= 0.6 is 0 Å². The van der Waals surface area contributed by atoms with Crippen molar-refractivity contribution >= 4 is 0 Å². The van der Waals surface area contributed by atoms with Crippen molar-refractivity contribution in [1.29, 1.82) is 0 Å². The smallest absolute Gasteiger partial charge is 0.119 e. The average molecular weight is 298 g/mol. The summed E-state index contributed by atoms with van der Waals surface area (Å²) in [7, 11) is 0. The molecule has 0 heterocycles. The van der Waals surface area contributed by atoms with Crippen LogP contribution in [0.15, 0.2) is 48.5 Å². The maximum atomic E-state index is 9.33. The lowest BCUT2D eigenvalue weighted by Crippen LogP contribution is -2.00. The van der Waals surface area contributed by atoms with Gasteiger partial charge in [0.1, 0.15) is 11.5 Å². The second-order valence-corrected chi connectivity index (χ2v) is 5.90. The van der Waals surface area contributed by atoms with Crippen LogP contribution in [-0.4, -0.2) is 11.7 Å². The van der Waals surface area contributed by atoms with Crippen molar-refractivity contribution < 1.29 is 9.84 Å². The van der Waals surface area contributed by atoms with Crippen molar-refractivity contribution in [3.63, 3.8) is 0 Å². The fourth-order valence-corrected chi connectivity index (χ4v) is 2.54. The molecular formula is C20H26O2. The molecule has 2 rings (SSSR count). The Balaban J connectivity index is 1.87. The molecule has 0 spiro atoms. The molecule has 1 unspecified atom stereocenters. The molecule has 2 heteroatoms. The van der Waals surface area contributed by atoms with Gasteiger partial charge in [-0.25, -0.2) is 0 Å². The number of phenols is 1. The molecule has 2 aromatic carbocycles. The third kappa shape index (κ3) is 5.10. The highest BCUT2D eigenvalue weighted by Crippen LogP contribution is 2.23. The summed E-state index contributed by atoms with van der Waals surface area (Å²) in [4.78, 5) is 0. The first kappa shape index (κ1) is 16.4. The van der Waals surface area contributed by atoms with Gasteiger partial charge in [-0.2, -0.15) is 0 Å². The summed E-state index contributed by atoms with van der Waals surface area (Å²) >= 11 is 0. The number of rotatable bonds is 8. The number of hydrogen-bond acceptors (Lipinski definition) is 2. The summed E-state index contributed by atoms with van der Waals surface area (Å²) in [5.41, 5.74) is 2.55. The van der Waals surface area contributed by atoms with Gasteiger partial charge in [0.05, 0.1) is 6.61 Å². The zero-order chi connectivity index (χ0) is 15.8. The van der Waals surface area contributed by atoms with Crippen LogP contribution in [0, 0.1) is 0 Å². The van der Waals surface area contributed by atoms with Crippen molar-refractivity contribution in [2.45, 2.75) is 45.4 Å². The van der Waals surface area contributed by atoms with Gasteiger partial charge in [0, 0.05) is 0 Å². The number of aromatic hydroxyl groups is 1. The van der Waals surface area contributed by atoms with E-state index < -0.39 is 0 Å². The van der Waals surface area contributed by atoms with Crippen LogP contribution in [0.4, 0.5) is 0 Å². The molecule has 1 atom stereocenters. The molecule has 2 nitrogen and oxygen atoms in total. The van der Waals surface area contributed by atoms with Gasteiger partial charge < -0.3 is 9.84 Å². The minimum atomic E-state index is 0.320. The van der Waals surface area contributed by atoms with Crippen LogP contribution in [-0.2, 0) is 6.42 Å². The largest absolute Gasteiger partial charge is 0.508 e. The van der Waals surface area contributed by atoms with Crippen LogP contribution in [0.25, 0.3) is 0 Å². The lowest BCUT2D eigenvalue weighted by molar-refractivity contribution is 0.306. The third-order valence-corrected chi connectivity index (χ3v) is 3.94. The predicted molar refractivity (Wildman–Crippen MR) is 91.7 cm³/mol. The molecule has 0 aromatic heterocycles. The highest BCUT2D eigenvalue weighted by Gasteiger charge is 2.07. The van der Waals surface area contributed by atoms with E-state index in [0.717, 1.165) is 25.2 Å². The Hall–Kier alpha value is -1.96. The molecular weight excluding hydrogens is 272 g/mol. The van der Waals surface area contributed by atoms with Crippen molar-refractivity contribution in [3.8, 4) is 11.5 Å². The number of benzene rings is 2. The zero-order valence-corrected chi connectivity index (χ0v) is 13.6. The van der Waals surface area contributed by atoms with Crippen LogP contribution < -0.4 is 4.74 Å². The van der Waals surface area contributed by atoms with Gasteiger partial charge in [-0.15, -0.1) is 0 Å². The van der Waals surface area contributed by atoms with Gasteiger partial charge in [-0.05, 0) is 54.2 Å². The molecule has 0 amide bonds. The molecule has 0 bridgehead atoms. The maximum Gasteiger partial charge on any atom is 0.119 e. The molecule has 2 aromatic rings. The van der Waals surface area contributed by atoms with Gasteiger partial charge in [0.15, 0.2) is 0 Å². The molecule has 0 saturated heterocycles. The summed E-state index contributed by atoms with van der Waals surface area (Å²) in [6.07, 6.45) is 4.53. The number of hydrogen-bond donors (Lipinski definition) is 1. The minimum absolute atomic E-state index is 0.320. The summed E-state index contributed by atoms with van der Waals surface area (Å²) in [6.45, 7) is 5.23. The molecule has 0 aliphatic carbocycles. The van der Waals surface area contributed by atoms with Crippen molar-refractivity contribution in [3.05, 3.63) is 59.7 Å². The van der Waals surface area contributed by atoms with Crippen molar-refractivity contribution in [1.82, 2.24) is 0 Å². The SMILES string of the molecule is CCCCCOc1ccc(C(C)Cc2ccc(O)cc2)cc1. The Morgan fingerprint density at radius 2 is 1.64 bits per heavy atom. The Bertz CT molecular complexity index is 543. The monoisotopic (exact) mass is 298 g/mol. The van der Waals surface area contributed by atoms with E-state index >= 15 is 0 Å². The van der Waals surface area contributed by atoms with Gasteiger partial charge in [-0.1, -0.05) is 51.0 Å². The first-order chi connectivity index (χ1) is 10.7. The number of phenolic OH excluding ortho intramolecular Hbond substituents is 1. The molecule has 118 valence electrons. The van der Waals surface area contributed by atoms with E-state index in [1.807, 2.05) is 12.1 Å². The second kappa shape index (κ2) is 8.47. The fraction of sp³-hybridized carbons (Fsp3) is 0.400. The van der Waals surface area contributed by atoms with E-state index in [9.17, 15) is 5.11 Å². The van der Waals surface area contributed by atoms with Crippen LogP contribution in [0.3, 0.4) is 0 Å². The van der Waals surface area contributed by atoms with Crippen LogP contribution in [0.5, 0.6) is 11.5 Å². The minimum Gasteiger partial charge on any atom is -0.508 e. The highest BCUT2D eigenvalue weighted by atomic mass is 16.5. The normalized spacial score (nSPS) is 12.1. The number of ether oxygens (including phenoxy) is 1.